The van der Waals surface area contributed by atoms with E-state index in [1.807, 2.05) is 11.7 Å². The normalized spacial score (nSPS) is 20.4. The summed E-state index contributed by atoms with van der Waals surface area (Å²) in [5.74, 6) is 0. The molecular weight excluding hydrogens is 216 g/mol. The van der Waals surface area contributed by atoms with E-state index in [0.717, 1.165) is 0 Å². The summed E-state index contributed by atoms with van der Waals surface area (Å²) in [4.78, 5) is 5.49. The molecule has 0 saturated heterocycles. The Kier molecular flexibility index (Phi) is 3.98. The number of nitrogens with one attached hydrogen (secondary N) is 1. The number of thiazole rings is 1. The van der Waals surface area contributed by atoms with Crippen LogP contribution in [0.2, 0.25) is 0 Å². The van der Waals surface area contributed by atoms with Crippen molar-refractivity contribution in [2.75, 3.05) is 6.54 Å². The molecule has 1 N–H and O–H groups in total. The van der Waals surface area contributed by atoms with E-state index in [-0.39, 0.29) is 0 Å². The molecule has 3 heteroatoms. The van der Waals surface area contributed by atoms with Crippen LogP contribution >= 0.6 is 11.3 Å². The van der Waals surface area contributed by atoms with Crippen molar-refractivity contribution in [2.24, 2.45) is 5.41 Å². The minimum atomic E-state index is 0.460. The van der Waals surface area contributed by atoms with Crippen LogP contribution in [0.1, 0.15) is 56.9 Å². The summed E-state index contributed by atoms with van der Waals surface area (Å²) in [5, 5.41) is 3.68. The van der Waals surface area contributed by atoms with Crippen LogP contribution in [0.5, 0.6) is 0 Å². The van der Waals surface area contributed by atoms with E-state index in [2.05, 4.69) is 24.1 Å². The molecule has 0 aliphatic heterocycles. The zero-order valence-corrected chi connectivity index (χ0v) is 11.1. The van der Waals surface area contributed by atoms with Gasteiger partial charge in [-0.1, -0.05) is 19.8 Å². The summed E-state index contributed by atoms with van der Waals surface area (Å²) in [6.45, 7) is 5.72. The van der Waals surface area contributed by atoms with E-state index in [4.69, 9.17) is 0 Å². The van der Waals surface area contributed by atoms with Gasteiger partial charge in [-0.25, -0.2) is 0 Å². The first-order valence-corrected chi connectivity index (χ1v) is 7.25. The summed E-state index contributed by atoms with van der Waals surface area (Å²) >= 11 is 1.75. The van der Waals surface area contributed by atoms with Gasteiger partial charge in [0.25, 0.3) is 0 Å². The molecule has 16 heavy (non-hydrogen) atoms. The van der Waals surface area contributed by atoms with Crippen LogP contribution in [0.3, 0.4) is 0 Å². The van der Waals surface area contributed by atoms with Gasteiger partial charge in [0.15, 0.2) is 0 Å². The predicted octanol–water partition coefficient (Wildman–Crippen LogP) is 3.76. The van der Waals surface area contributed by atoms with Crippen molar-refractivity contribution in [3.05, 3.63) is 16.6 Å². The maximum atomic E-state index is 4.14. The fraction of sp³-hybridized carbons (Fsp3) is 0.769. The van der Waals surface area contributed by atoms with Crippen LogP contribution < -0.4 is 5.32 Å². The van der Waals surface area contributed by atoms with E-state index >= 15 is 0 Å². The highest BCUT2D eigenvalue weighted by atomic mass is 32.1. The maximum absolute atomic E-state index is 4.14. The second-order valence-electron chi connectivity index (χ2n) is 5.11. The smallest absolute Gasteiger partial charge is 0.0794 e. The lowest BCUT2D eigenvalue weighted by Gasteiger charge is -2.43. The first-order valence-electron chi connectivity index (χ1n) is 6.37. The summed E-state index contributed by atoms with van der Waals surface area (Å²) in [6.07, 6.45) is 8.95. The molecule has 1 unspecified atom stereocenters. The van der Waals surface area contributed by atoms with Gasteiger partial charge in [-0.3, -0.25) is 4.98 Å². The maximum Gasteiger partial charge on any atom is 0.0794 e. The Morgan fingerprint density at radius 1 is 1.56 bits per heavy atom. The van der Waals surface area contributed by atoms with Gasteiger partial charge in [-0.05, 0) is 31.6 Å². The number of hydrogen-bond donors (Lipinski definition) is 1. The van der Waals surface area contributed by atoms with Gasteiger partial charge < -0.3 is 5.32 Å². The lowest BCUT2D eigenvalue weighted by molar-refractivity contribution is 0.112. The largest absolute Gasteiger partial charge is 0.309 e. The van der Waals surface area contributed by atoms with Crippen molar-refractivity contribution < 1.29 is 0 Å². The molecule has 1 heterocycles. The van der Waals surface area contributed by atoms with Crippen molar-refractivity contribution in [2.45, 2.75) is 52.0 Å². The van der Waals surface area contributed by atoms with E-state index in [9.17, 15) is 0 Å². The third-order valence-corrected chi connectivity index (χ3v) is 4.81. The molecule has 1 aliphatic carbocycles. The first kappa shape index (κ1) is 12.1. The van der Waals surface area contributed by atoms with E-state index < -0.39 is 0 Å². The van der Waals surface area contributed by atoms with E-state index in [1.165, 1.54) is 43.5 Å². The number of nitrogens with zero attached hydrogens (tertiary/aromatic N) is 1. The number of hydrogen-bond acceptors (Lipinski definition) is 3. The van der Waals surface area contributed by atoms with E-state index in [1.54, 1.807) is 11.3 Å². The Morgan fingerprint density at radius 3 is 2.88 bits per heavy atom. The lowest BCUT2D eigenvalue weighted by atomic mass is 9.66. The van der Waals surface area contributed by atoms with Crippen LogP contribution in [0.4, 0.5) is 0 Å². The van der Waals surface area contributed by atoms with Gasteiger partial charge in [0.05, 0.1) is 5.51 Å². The SMILES string of the molecule is CCCC1(CNC(C)c2cncs2)CCC1. The zero-order chi connectivity index (χ0) is 11.4. The Balaban J connectivity index is 1.82. The molecule has 0 amide bonds. The average molecular weight is 238 g/mol. The van der Waals surface area contributed by atoms with Gasteiger partial charge in [0.1, 0.15) is 0 Å². The Morgan fingerprint density at radius 2 is 2.38 bits per heavy atom. The standard InChI is InChI=1S/C13H22N2S/c1-3-5-13(6-4-7-13)9-15-11(2)12-8-14-10-16-12/h8,10-11,15H,3-7,9H2,1-2H3. The van der Waals surface area contributed by atoms with Crippen molar-refractivity contribution in [1.29, 1.82) is 0 Å². The Bertz CT molecular complexity index is 304. The molecule has 0 bridgehead atoms. The predicted molar refractivity (Wildman–Crippen MR) is 69.7 cm³/mol. The Labute approximate surface area is 102 Å². The summed E-state index contributed by atoms with van der Waals surface area (Å²) < 4.78 is 0. The van der Waals surface area contributed by atoms with Crippen LogP contribution in [0.25, 0.3) is 0 Å². The van der Waals surface area contributed by atoms with E-state index in [0.29, 0.717) is 11.5 Å². The third-order valence-electron chi connectivity index (χ3n) is 3.86. The van der Waals surface area contributed by atoms with Crippen LogP contribution in [0.15, 0.2) is 11.7 Å². The van der Waals surface area contributed by atoms with Crippen molar-refractivity contribution in [1.82, 2.24) is 10.3 Å². The lowest BCUT2D eigenvalue weighted by Crippen LogP contribution is -2.40. The van der Waals surface area contributed by atoms with Gasteiger partial charge in [0, 0.05) is 23.7 Å². The quantitative estimate of drug-likeness (QED) is 0.816. The van der Waals surface area contributed by atoms with Crippen molar-refractivity contribution in [3.8, 4) is 0 Å². The highest BCUT2D eigenvalue weighted by Gasteiger charge is 2.35. The molecule has 90 valence electrons. The van der Waals surface area contributed by atoms with Gasteiger partial charge in [-0.2, -0.15) is 0 Å². The number of aromatic nitrogens is 1. The van der Waals surface area contributed by atoms with Crippen molar-refractivity contribution in [3.63, 3.8) is 0 Å². The Hall–Kier alpha value is -0.410. The summed E-state index contributed by atoms with van der Waals surface area (Å²) in [6, 6.07) is 0.460. The van der Waals surface area contributed by atoms with Crippen LogP contribution in [0, 0.1) is 5.41 Å². The van der Waals surface area contributed by atoms with Gasteiger partial charge >= 0.3 is 0 Å². The molecule has 0 spiro atoms. The van der Waals surface area contributed by atoms with Gasteiger partial charge in [-0.15, -0.1) is 11.3 Å². The second-order valence-corrected chi connectivity index (χ2v) is 6.03. The van der Waals surface area contributed by atoms with Crippen molar-refractivity contribution >= 4 is 11.3 Å². The van der Waals surface area contributed by atoms with Gasteiger partial charge in [0.2, 0.25) is 0 Å². The molecule has 1 aromatic heterocycles. The molecule has 1 aromatic rings. The minimum Gasteiger partial charge on any atom is -0.309 e. The highest BCUT2D eigenvalue weighted by Crippen LogP contribution is 2.44. The van der Waals surface area contributed by atoms with Crippen LogP contribution in [-0.4, -0.2) is 11.5 Å². The zero-order valence-electron chi connectivity index (χ0n) is 10.3. The fourth-order valence-corrected chi connectivity index (χ4v) is 3.28. The minimum absolute atomic E-state index is 0.460. The topological polar surface area (TPSA) is 24.9 Å². The van der Waals surface area contributed by atoms with Crippen LogP contribution in [-0.2, 0) is 0 Å². The fourth-order valence-electron chi connectivity index (χ4n) is 2.63. The molecule has 1 saturated carbocycles. The molecule has 2 nitrogen and oxygen atoms in total. The summed E-state index contributed by atoms with van der Waals surface area (Å²) in [7, 11) is 0. The third kappa shape index (κ3) is 2.64. The molecular formula is C13H22N2S. The molecule has 1 fully saturated rings. The average Bonchev–Trinajstić information content (AvgIpc) is 2.74. The molecule has 2 rings (SSSR count). The first-order chi connectivity index (χ1) is 7.76. The molecule has 1 aliphatic rings. The molecule has 1 atom stereocenters. The molecule has 0 radical (unpaired) electrons. The second kappa shape index (κ2) is 5.28. The number of rotatable bonds is 6. The summed E-state index contributed by atoms with van der Waals surface area (Å²) in [5.41, 5.74) is 2.53. The monoisotopic (exact) mass is 238 g/mol. The molecule has 0 aromatic carbocycles. The highest BCUT2D eigenvalue weighted by molar-refractivity contribution is 7.09.